The van der Waals surface area contributed by atoms with E-state index in [0.29, 0.717) is 141 Å². The number of anilines is 6. The van der Waals surface area contributed by atoms with Crippen LogP contribution in [0.15, 0.2) is 129 Å². The fourth-order valence-corrected chi connectivity index (χ4v) is 21.1. The van der Waals surface area contributed by atoms with Gasteiger partial charge < -0.3 is 82.7 Å². The van der Waals surface area contributed by atoms with E-state index in [1.807, 2.05) is 48.3 Å². The Bertz CT molecular complexity index is 5670. The van der Waals surface area contributed by atoms with E-state index < -0.39 is 11.3 Å². The molecule has 131 heavy (non-hydrogen) atoms. The molecule has 9 aromatic rings. The van der Waals surface area contributed by atoms with Crippen LogP contribution < -0.4 is 43.6 Å². The van der Waals surface area contributed by atoms with Crippen LogP contribution >= 0.6 is 25.1 Å². The van der Waals surface area contributed by atoms with Crippen LogP contribution in [-0.2, 0) is 53.3 Å². The number of nitrogens with one attached hydrogen (secondary N) is 1. The van der Waals surface area contributed by atoms with Crippen molar-refractivity contribution in [2.75, 3.05) is 188 Å². The molecule has 688 valence electrons. The van der Waals surface area contributed by atoms with Crippen LogP contribution in [0.4, 0.5) is 43.3 Å². The average molecular weight is 1820 g/mol. The molecule has 0 saturated carbocycles. The Morgan fingerprint density at radius 3 is 1.32 bits per heavy atom. The largest absolute Gasteiger partial charge is 0.462 e. The van der Waals surface area contributed by atoms with Crippen LogP contribution in [0.1, 0.15) is 90.0 Å². The second-order valence-electron chi connectivity index (χ2n) is 36.6. The molecule has 5 aromatic carbocycles. The molecular weight excluding hydrogens is 1700 g/mol. The second kappa shape index (κ2) is 40.4. The molecule has 28 nitrogen and oxygen atoms in total. The van der Waals surface area contributed by atoms with Crippen LogP contribution in [0.3, 0.4) is 0 Å². The Morgan fingerprint density at radius 1 is 0.504 bits per heavy atom. The third kappa shape index (κ3) is 20.3. The molecule has 0 spiro atoms. The maximum atomic E-state index is 14.7. The lowest BCUT2D eigenvalue weighted by molar-refractivity contribution is -0.129. The zero-order valence-corrected chi connectivity index (χ0v) is 78.1. The summed E-state index contributed by atoms with van der Waals surface area (Å²) in [5.74, 6) is 2.00. The number of amides is 3. The number of fused-ring (bicyclic) bond motifs is 6. The first-order valence-electron chi connectivity index (χ1n) is 45.3. The summed E-state index contributed by atoms with van der Waals surface area (Å²) >= 11 is 6.69. The van der Waals surface area contributed by atoms with E-state index in [9.17, 15) is 23.2 Å². The van der Waals surface area contributed by atoms with Crippen molar-refractivity contribution >= 4 is 110 Å². The number of halogens is 3. The highest BCUT2D eigenvalue weighted by Gasteiger charge is 2.44. The molecule has 6 fully saturated rings. The number of ether oxygens (including phenoxy) is 3. The predicted molar refractivity (Wildman–Crippen MR) is 518 cm³/mol. The number of carbonyl (C=O) groups is 3. The monoisotopic (exact) mass is 1820 g/mol. The third-order valence-electron chi connectivity index (χ3n) is 27.6. The first kappa shape index (κ1) is 93.7. The molecule has 3 amide bonds. The highest BCUT2D eigenvalue weighted by atomic mass is 35.5. The number of benzene rings is 5. The molecule has 9 aliphatic rings. The summed E-state index contributed by atoms with van der Waals surface area (Å²) in [6.07, 6.45) is 11.3. The van der Waals surface area contributed by atoms with Gasteiger partial charge in [-0.2, -0.15) is 43.4 Å². The molecule has 18 rings (SSSR count). The van der Waals surface area contributed by atoms with E-state index in [-0.39, 0.29) is 99.7 Å². The fraction of sp³-hybridized carbons (Fsp3) is 0.475. The van der Waals surface area contributed by atoms with Crippen molar-refractivity contribution in [3.8, 4) is 18.0 Å². The third-order valence-corrected chi connectivity index (χ3v) is 27.9. The van der Waals surface area contributed by atoms with Crippen LogP contribution in [0.2, 0.25) is 5.02 Å². The Hall–Kier alpha value is -11.9. The fourth-order valence-electron chi connectivity index (χ4n) is 20.8. The van der Waals surface area contributed by atoms with Gasteiger partial charge in [0.05, 0.1) is 41.7 Å². The van der Waals surface area contributed by atoms with Crippen molar-refractivity contribution in [2.45, 2.75) is 147 Å². The summed E-state index contributed by atoms with van der Waals surface area (Å²) in [6, 6.07) is 29.7. The van der Waals surface area contributed by atoms with E-state index in [4.69, 9.17) is 75.4 Å². The van der Waals surface area contributed by atoms with Gasteiger partial charge in [-0.25, -0.2) is 28.5 Å². The van der Waals surface area contributed by atoms with Crippen LogP contribution in [0, 0.1) is 40.5 Å². The van der Waals surface area contributed by atoms with Gasteiger partial charge in [-0.1, -0.05) is 85.9 Å². The summed E-state index contributed by atoms with van der Waals surface area (Å²) in [4.78, 5) is 107. The molecule has 13 heterocycles. The van der Waals surface area contributed by atoms with Gasteiger partial charge in [-0.05, 0) is 170 Å². The van der Waals surface area contributed by atoms with Gasteiger partial charge >= 0.3 is 18.0 Å². The van der Waals surface area contributed by atoms with E-state index in [1.54, 1.807) is 28.5 Å². The molecule has 32 heteroatoms. The molecule has 9 aliphatic heterocycles. The van der Waals surface area contributed by atoms with Gasteiger partial charge in [0.1, 0.15) is 66.7 Å². The number of carbonyl (C=O) groups excluding carboxylic acids is 3. The van der Waals surface area contributed by atoms with Gasteiger partial charge in [0.15, 0.2) is 0 Å². The summed E-state index contributed by atoms with van der Waals surface area (Å²) in [6.45, 7) is 55.7. The molecule has 0 bridgehead atoms. The number of hydrogen-bond acceptors (Lipinski definition) is 21. The molecule has 8 atom stereocenters. The van der Waals surface area contributed by atoms with Gasteiger partial charge in [0.25, 0.3) is 0 Å². The molecule has 0 radical (unpaired) electrons. The normalized spacial score (nSPS) is 22.7. The summed E-state index contributed by atoms with van der Waals surface area (Å²) in [5.41, 5.74) is 11.9. The number of alkyl halides is 2. The molecule has 6 saturated heterocycles. The van der Waals surface area contributed by atoms with Crippen molar-refractivity contribution < 1.29 is 37.4 Å². The van der Waals surface area contributed by atoms with Gasteiger partial charge in [-0.15, -0.1) is 0 Å². The SMILES string of the molecule is S.[C-]#[N+]C[C@H]1CN(c2nc(OC[C@@H]3CC(C)(F)CN3C)nc3c2CCN(c2cccc4cccc(C)c24)C3)CCN1C(=O)C=C.[C-]#[N+]C[C@H]1CN(c2nc(OC[C@@H]3CC(C)(F)CN3C)nc3c2CCN(c2cccc4cccc(Cl)c24)C3)CCN1C(=O)C=C.[C-]#[N+]C[C@H]1CN(c2nc(OC[C@@H]3CCCN3C)nc3c2CCN(c2c(C)c(C)cc4[nH]ccc24)C3)CCN1C(=O)C=C. The lowest BCUT2D eigenvalue weighted by Gasteiger charge is -2.41. The molecule has 0 aliphatic carbocycles. The number of likely N-dealkylation sites (N-methyl/N-ethyl adjacent to an activating group) is 3. The number of aryl methyl sites for hydroxylation is 2. The second-order valence-corrected chi connectivity index (χ2v) is 37.0. The maximum absolute atomic E-state index is 14.7. The smallest absolute Gasteiger partial charge is 0.318 e. The quantitative estimate of drug-likeness (QED) is 0.0521. The molecule has 2 unspecified atom stereocenters. The number of piperazine rings is 3. The summed E-state index contributed by atoms with van der Waals surface area (Å²) < 4.78 is 48.2. The first-order valence-corrected chi connectivity index (χ1v) is 45.7. The number of H-pyrrole nitrogens is 1. The highest BCUT2D eigenvalue weighted by Crippen LogP contribution is 2.43. The first-order chi connectivity index (χ1) is 62.7. The number of aromatic amines is 1. The number of likely N-dealkylation sites (tertiary alicyclic amines) is 3. The minimum atomic E-state index is -1.26. The summed E-state index contributed by atoms with van der Waals surface area (Å²) in [5, 5.41) is 6.46. The average Bonchev–Trinajstić information content (AvgIpc) is 1.75. The van der Waals surface area contributed by atoms with E-state index in [1.165, 1.54) is 68.9 Å². The van der Waals surface area contributed by atoms with Gasteiger partial charge in [0, 0.05) is 184 Å². The summed E-state index contributed by atoms with van der Waals surface area (Å²) in [7, 11) is 5.97. The topological polar surface area (TPSA) is 224 Å². The minimum absolute atomic E-state index is 0. The van der Waals surface area contributed by atoms with E-state index >= 15 is 0 Å². The molecule has 1 N–H and O–H groups in total. The Labute approximate surface area is 778 Å². The molecule has 4 aromatic heterocycles. The Morgan fingerprint density at radius 2 is 0.908 bits per heavy atom. The Balaban J connectivity index is 0.000000150. The highest BCUT2D eigenvalue weighted by molar-refractivity contribution is 7.59. The lowest BCUT2D eigenvalue weighted by Crippen LogP contribution is -2.56. The standard InChI is InChI=1S/C34H40FN7O2.C33H37ClFN7O2.C32H40N8O2.H2S/c1-6-30(43)42-16-15-41(19-26(42)18-36-4)32-27-13-14-40(29-12-8-11-24-10-7-9-23(2)31(24)29)20-28(27)37-33(38-32)44-21-25-17-34(3,35)22-39(25)5;1-5-29(43)42-15-14-41(18-24(42)17-36-3)31-25-12-13-40(28-11-7-9-22-8-6-10-26(34)30(22)28)19-27(25)37-32(38-31)44-20-23-16-33(2,35)21-39(23)4;1-6-29(41)40-15-14-39(18-24(40)17-33-4)31-26-10-13-38(30-22(3)21(2)16-27-25(30)9-11-34-27)19-28(26)35-32(36-31)42-20-23-8-7-12-37(23)5;/h6-12,25-26H,1,13-22H2,2-3,5H3;5-11,23-24H,1,12-21H2,2,4H3;6,9,11,16,23-24,34H,1,7-8,10,12-15,17-20H2,2-3,5H3;1H2/t25-,26-,34?;23-,24-,33?;23-,24-;/m000./s1. The zero-order valence-electron chi connectivity index (χ0n) is 76.4. The van der Waals surface area contributed by atoms with Gasteiger partial charge in [0.2, 0.25) is 37.4 Å². The lowest BCUT2D eigenvalue weighted by atomic mass is 9.99. The molecular formula is C99H119ClF2N22O6S. The minimum Gasteiger partial charge on any atom is -0.462 e. The number of aromatic nitrogens is 7. The predicted octanol–water partition coefficient (Wildman–Crippen LogP) is 13.1. The van der Waals surface area contributed by atoms with Crippen LogP contribution in [0.25, 0.3) is 47.0 Å². The Kier molecular flexibility index (Phi) is 28.9. The van der Waals surface area contributed by atoms with Crippen LogP contribution in [-0.4, -0.2) is 288 Å². The van der Waals surface area contributed by atoms with Crippen molar-refractivity contribution in [1.29, 1.82) is 0 Å². The van der Waals surface area contributed by atoms with Crippen molar-refractivity contribution in [2.24, 2.45) is 0 Å². The number of nitrogens with zero attached hydrogens (tertiary/aromatic N) is 21. The van der Waals surface area contributed by atoms with E-state index in [0.717, 1.165) is 119 Å². The maximum Gasteiger partial charge on any atom is 0.318 e. The van der Waals surface area contributed by atoms with Crippen LogP contribution in [0.5, 0.6) is 18.0 Å². The van der Waals surface area contributed by atoms with Crippen molar-refractivity contribution in [3.63, 3.8) is 0 Å². The van der Waals surface area contributed by atoms with E-state index in [2.05, 4.69) is 168 Å². The number of hydrogen-bond donors (Lipinski definition) is 1. The van der Waals surface area contributed by atoms with Crippen molar-refractivity contribution in [1.82, 2.24) is 64.3 Å². The number of rotatable bonds is 21. The zero-order chi connectivity index (χ0) is 91.4. The van der Waals surface area contributed by atoms with Gasteiger partial charge in [-0.3, -0.25) is 24.2 Å². The van der Waals surface area contributed by atoms with Crippen molar-refractivity contribution in [3.05, 3.63) is 219 Å².